The van der Waals surface area contributed by atoms with Crippen LogP contribution in [0.3, 0.4) is 0 Å². The van der Waals surface area contributed by atoms with Gasteiger partial charge in [-0.05, 0) is 38.5 Å². The van der Waals surface area contributed by atoms with E-state index in [9.17, 15) is 4.79 Å². The van der Waals surface area contributed by atoms with Crippen LogP contribution in [-0.4, -0.2) is 18.7 Å². The van der Waals surface area contributed by atoms with Crippen LogP contribution in [-0.2, 0) is 9.53 Å². The van der Waals surface area contributed by atoms with E-state index in [2.05, 4.69) is 4.74 Å². The monoisotopic (exact) mass is 287 g/mol. The number of nitrogens with two attached hydrogens (primary N) is 1. The number of benzene rings is 1. The van der Waals surface area contributed by atoms with E-state index < -0.39 is 0 Å². The Morgan fingerprint density at radius 2 is 1.79 bits per heavy atom. The highest BCUT2D eigenvalue weighted by Crippen LogP contribution is 2.21. The predicted octanol–water partition coefficient (Wildman–Crippen LogP) is 2.85. The van der Waals surface area contributed by atoms with Crippen molar-refractivity contribution in [1.29, 1.82) is 0 Å². The molecule has 1 aromatic rings. The first kappa shape index (κ1) is 17.7. The highest BCUT2D eigenvalue weighted by atomic mass is 35.5. The van der Waals surface area contributed by atoms with E-state index in [0.29, 0.717) is 0 Å². The molecule has 1 atom stereocenters. The second-order valence-corrected chi connectivity index (χ2v) is 5.17. The molecule has 0 heterocycles. The Hall–Kier alpha value is -1.26. The van der Waals surface area contributed by atoms with Gasteiger partial charge in [-0.1, -0.05) is 12.1 Å². The van der Waals surface area contributed by atoms with E-state index in [1.165, 1.54) is 7.11 Å². The number of carbonyl (C=O) groups is 1. The van der Waals surface area contributed by atoms with Gasteiger partial charge in [-0.25, -0.2) is 0 Å². The molecule has 0 radical (unpaired) electrons. The molecule has 0 aliphatic heterocycles. The van der Waals surface area contributed by atoms with E-state index in [1.807, 2.05) is 45.0 Å². The molecule has 5 heteroatoms. The van der Waals surface area contributed by atoms with Crippen LogP contribution in [0.25, 0.3) is 0 Å². The van der Waals surface area contributed by atoms with Gasteiger partial charge in [-0.2, -0.15) is 0 Å². The maximum absolute atomic E-state index is 11.1. The van der Waals surface area contributed by atoms with Crippen molar-refractivity contribution in [2.75, 3.05) is 7.11 Å². The lowest BCUT2D eigenvalue weighted by molar-refractivity contribution is -0.141. The summed E-state index contributed by atoms with van der Waals surface area (Å²) in [6.45, 7) is 5.97. The van der Waals surface area contributed by atoms with Crippen LogP contribution >= 0.6 is 12.4 Å². The van der Waals surface area contributed by atoms with Crippen LogP contribution in [0.5, 0.6) is 5.75 Å². The van der Waals surface area contributed by atoms with Gasteiger partial charge < -0.3 is 15.2 Å². The van der Waals surface area contributed by atoms with E-state index in [0.717, 1.165) is 11.3 Å². The Morgan fingerprint density at radius 1 is 1.26 bits per heavy atom. The van der Waals surface area contributed by atoms with Crippen molar-refractivity contribution >= 4 is 18.4 Å². The molecule has 0 unspecified atom stereocenters. The van der Waals surface area contributed by atoms with Crippen molar-refractivity contribution in [3.05, 3.63) is 29.8 Å². The summed E-state index contributed by atoms with van der Waals surface area (Å²) in [6.07, 6.45) is 0.177. The normalized spacial score (nSPS) is 12.3. The lowest BCUT2D eigenvalue weighted by Gasteiger charge is -2.21. The van der Waals surface area contributed by atoms with Gasteiger partial charge in [0.1, 0.15) is 11.4 Å². The number of carbonyl (C=O) groups excluding carboxylic acids is 1. The van der Waals surface area contributed by atoms with Gasteiger partial charge in [0.05, 0.1) is 13.5 Å². The lowest BCUT2D eigenvalue weighted by atomic mass is 10.0. The Balaban J connectivity index is 0.00000324. The second kappa shape index (κ2) is 7.36. The predicted molar refractivity (Wildman–Crippen MR) is 77.6 cm³/mol. The van der Waals surface area contributed by atoms with Gasteiger partial charge in [0.2, 0.25) is 0 Å². The van der Waals surface area contributed by atoms with E-state index in [1.54, 1.807) is 0 Å². The molecule has 2 N–H and O–H groups in total. The summed E-state index contributed by atoms with van der Waals surface area (Å²) in [6, 6.07) is 7.11. The minimum Gasteiger partial charge on any atom is -0.488 e. The molecule has 19 heavy (non-hydrogen) atoms. The Morgan fingerprint density at radius 3 is 2.21 bits per heavy atom. The molecule has 0 aromatic heterocycles. The third-order valence-corrected chi connectivity index (χ3v) is 2.35. The molecule has 0 aliphatic rings. The summed E-state index contributed by atoms with van der Waals surface area (Å²) in [5.74, 6) is 0.481. The fraction of sp³-hybridized carbons (Fsp3) is 0.500. The largest absolute Gasteiger partial charge is 0.488 e. The number of ether oxygens (including phenoxy) is 2. The number of halogens is 1. The zero-order valence-electron chi connectivity index (χ0n) is 11.8. The summed E-state index contributed by atoms with van der Waals surface area (Å²) in [7, 11) is 1.36. The van der Waals surface area contributed by atoms with Crippen LogP contribution in [0.4, 0.5) is 0 Å². The fourth-order valence-corrected chi connectivity index (χ4v) is 1.52. The van der Waals surface area contributed by atoms with Gasteiger partial charge in [-0.15, -0.1) is 12.4 Å². The quantitative estimate of drug-likeness (QED) is 0.865. The van der Waals surface area contributed by atoms with Crippen LogP contribution in [0.1, 0.15) is 38.8 Å². The molecule has 0 bridgehead atoms. The third-order valence-electron chi connectivity index (χ3n) is 2.35. The molecule has 0 fully saturated rings. The number of esters is 1. The van der Waals surface area contributed by atoms with Gasteiger partial charge in [0.25, 0.3) is 0 Å². The average Bonchev–Trinajstić information content (AvgIpc) is 2.27. The average molecular weight is 288 g/mol. The highest BCUT2D eigenvalue weighted by molar-refractivity contribution is 5.85. The first-order chi connectivity index (χ1) is 8.31. The molecule has 4 nitrogen and oxygen atoms in total. The summed E-state index contributed by atoms with van der Waals surface area (Å²) < 4.78 is 10.3. The van der Waals surface area contributed by atoms with Gasteiger partial charge >= 0.3 is 5.97 Å². The van der Waals surface area contributed by atoms with Crippen molar-refractivity contribution in [2.24, 2.45) is 5.73 Å². The van der Waals surface area contributed by atoms with Crippen LogP contribution < -0.4 is 10.5 Å². The molecular formula is C14H22ClNO3. The molecule has 0 aliphatic carbocycles. The van der Waals surface area contributed by atoms with Crippen molar-refractivity contribution in [3.63, 3.8) is 0 Å². The van der Waals surface area contributed by atoms with Crippen molar-refractivity contribution in [3.8, 4) is 5.75 Å². The first-order valence-corrected chi connectivity index (χ1v) is 5.93. The maximum Gasteiger partial charge on any atom is 0.307 e. The van der Waals surface area contributed by atoms with Crippen molar-refractivity contribution < 1.29 is 14.3 Å². The number of hydrogen-bond donors (Lipinski definition) is 1. The van der Waals surface area contributed by atoms with Crippen molar-refractivity contribution in [1.82, 2.24) is 0 Å². The SMILES string of the molecule is COC(=O)C[C@@H](N)c1ccc(OC(C)(C)C)cc1.Cl. The zero-order chi connectivity index (χ0) is 13.8. The fourth-order valence-electron chi connectivity index (χ4n) is 1.52. The van der Waals surface area contributed by atoms with Gasteiger partial charge in [0, 0.05) is 6.04 Å². The van der Waals surface area contributed by atoms with Crippen LogP contribution in [0.15, 0.2) is 24.3 Å². The van der Waals surface area contributed by atoms with Crippen LogP contribution in [0.2, 0.25) is 0 Å². The number of hydrogen-bond acceptors (Lipinski definition) is 4. The molecule has 1 rings (SSSR count). The van der Waals surface area contributed by atoms with Gasteiger partial charge in [0.15, 0.2) is 0 Å². The second-order valence-electron chi connectivity index (χ2n) is 5.17. The molecule has 108 valence electrons. The minimum atomic E-state index is -0.346. The minimum absolute atomic E-state index is 0. The van der Waals surface area contributed by atoms with E-state index in [-0.39, 0.29) is 36.4 Å². The number of rotatable bonds is 4. The molecule has 0 saturated carbocycles. The number of methoxy groups -OCH3 is 1. The summed E-state index contributed by atoms with van der Waals surface area (Å²) in [4.78, 5) is 11.1. The topological polar surface area (TPSA) is 61.5 Å². The Bertz CT molecular complexity index is 398. The van der Waals surface area contributed by atoms with E-state index in [4.69, 9.17) is 10.5 Å². The molecule has 0 spiro atoms. The molecule has 0 amide bonds. The summed E-state index contributed by atoms with van der Waals surface area (Å²) in [5.41, 5.74) is 6.57. The maximum atomic E-state index is 11.1. The van der Waals surface area contributed by atoms with Crippen molar-refractivity contribution in [2.45, 2.75) is 38.8 Å². The van der Waals surface area contributed by atoms with Crippen LogP contribution in [0, 0.1) is 0 Å². The summed E-state index contributed by atoms with van der Waals surface area (Å²) in [5, 5.41) is 0. The standard InChI is InChI=1S/C14H21NO3.ClH/c1-14(2,3)18-11-7-5-10(6-8-11)12(15)9-13(16)17-4;/h5-8,12H,9,15H2,1-4H3;1H/t12-;/m1./s1. The highest BCUT2D eigenvalue weighted by Gasteiger charge is 2.14. The Kier molecular flexibility index (Phi) is 6.87. The van der Waals surface area contributed by atoms with Gasteiger partial charge in [-0.3, -0.25) is 4.79 Å². The molecule has 0 saturated heterocycles. The Labute approximate surface area is 120 Å². The first-order valence-electron chi connectivity index (χ1n) is 5.93. The van der Waals surface area contributed by atoms with E-state index >= 15 is 0 Å². The molecular weight excluding hydrogens is 266 g/mol. The molecule has 1 aromatic carbocycles. The lowest BCUT2D eigenvalue weighted by Crippen LogP contribution is -2.23. The zero-order valence-corrected chi connectivity index (χ0v) is 12.6. The third kappa shape index (κ3) is 6.45. The summed E-state index contributed by atoms with van der Waals surface area (Å²) >= 11 is 0. The smallest absolute Gasteiger partial charge is 0.307 e.